The largest absolute Gasteiger partial charge is 0.497 e. The van der Waals surface area contributed by atoms with Gasteiger partial charge in [-0.25, -0.2) is 5.43 Å². The monoisotopic (exact) mass is 439 g/mol. The molecule has 2 aromatic rings. The Kier molecular flexibility index (Phi) is 6.66. The van der Waals surface area contributed by atoms with Crippen LogP contribution >= 0.6 is 35.0 Å². The first-order valence-corrected chi connectivity index (χ1v) is 9.76. The highest BCUT2D eigenvalue weighted by Crippen LogP contribution is 2.28. The van der Waals surface area contributed by atoms with Crippen molar-refractivity contribution in [3.63, 3.8) is 0 Å². The maximum absolute atomic E-state index is 12.2. The SMILES string of the molecule is COc1ccc(N2C(=O)CS/C2=N/NC(=O)COc2ccc(Cl)cc2Cl)cc1. The molecule has 0 atom stereocenters. The minimum atomic E-state index is -0.492. The van der Waals surface area contributed by atoms with E-state index in [2.05, 4.69) is 10.5 Å². The third-order valence-electron chi connectivity index (χ3n) is 3.62. The molecular weight excluding hydrogens is 425 g/mol. The standard InChI is InChI=1S/C18H15Cl2N3O4S/c1-26-13-5-3-12(4-6-13)23-17(25)10-28-18(23)22-21-16(24)9-27-15-7-2-11(19)8-14(15)20/h2-8H,9-10H2,1H3,(H,21,24)/b22-18+. The Balaban J connectivity index is 1.62. The predicted octanol–water partition coefficient (Wildman–Crippen LogP) is 3.55. The van der Waals surface area contributed by atoms with Gasteiger partial charge < -0.3 is 9.47 Å². The van der Waals surface area contributed by atoms with Crippen LogP contribution in [0.1, 0.15) is 0 Å². The smallest absolute Gasteiger partial charge is 0.278 e. The van der Waals surface area contributed by atoms with Crippen molar-refractivity contribution < 1.29 is 19.1 Å². The van der Waals surface area contributed by atoms with Gasteiger partial charge in [-0.15, -0.1) is 5.10 Å². The Morgan fingerprint density at radius 1 is 1.25 bits per heavy atom. The van der Waals surface area contributed by atoms with Crippen molar-refractivity contribution in [1.29, 1.82) is 0 Å². The Bertz CT molecular complexity index is 922. The van der Waals surface area contributed by atoms with E-state index in [-0.39, 0.29) is 18.3 Å². The van der Waals surface area contributed by atoms with E-state index in [0.29, 0.717) is 32.4 Å². The Morgan fingerprint density at radius 3 is 2.68 bits per heavy atom. The van der Waals surface area contributed by atoms with Gasteiger partial charge in [0, 0.05) is 5.02 Å². The molecule has 146 valence electrons. The summed E-state index contributed by atoms with van der Waals surface area (Å²) in [5.74, 6) is 0.616. The molecule has 10 heteroatoms. The number of halogens is 2. The summed E-state index contributed by atoms with van der Waals surface area (Å²) in [6, 6.07) is 11.7. The maximum atomic E-state index is 12.2. The molecule has 0 aliphatic carbocycles. The van der Waals surface area contributed by atoms with Crippen molar-refractivity contribution in [2.75, 3.05) is 24.4 Å². The van der Waals surface area contributed by atoms with Crippen LogP contribution in [0.25, 0.3) is 0 Å². The van der Waals surface area contributed by atoms with Gasteiger partial charge in [0.1, 0.15) is 11.5 Å². The normalized spacial score (nSPS) is 15.0. The van der Waals surface area contributed by atoms with Gasteiger partial charge in [-0.3, -0.25) is 14.5 Å². The number of thioether (sulfide) groups is 1. The van der Waals surface area contributed by atoms with Crippen LogP contribution in [0, 0.1) is 0 Å². The molecule has 7 nitrogen and oxygen atoms in total. The lowest BCUT2D eigenvalue weighted by molar-refractivity contribution is -0.123. The summed E-state index contributed by atoms with van der Waals surface area (Å²) in [5.41, 5.74) is 3.02. The van der Waals surface area contributed by atoms with Crippen molar-refractivity contribution in [3.8, 4) is 11.5 Å². The van der Waals surface area contributed by atoms with Crippen LogP contribution in [0.5, 0.6) is 11.5 Å². The van der Waals surface area contributed by atoms with Gasteiger partial charge in [-0.2, -0.15) is 0 Å². The molecule has 1 aliphatic rings. The van der Waals surface area contributed by atoms with E-state index < -0.39 is 5.91 Å². The molecular formula is C18H15Cl2N3O4S. The van der Waals surface area contributed by atoms with Gasteiger partial charge in [-0.1, -0.05) is 35.0 Å². The van der Waals surface area contributed by atoms with Gasteiger partial charge in [0.25, 0.3) is 5.91 Å². The molecule has 1 saturated heterocycles. The number of hydrazone groups is 1. The van der Waals surface area contributed by atoms with Crippen LogP contribution in [0.4, 0.5) is 5.69 Å². The lowest BCUT2D eigenvalue weighted by Gasteiger charge is -2.16. The number of anilines is 1. The second kappa shape index (κ2) is 9.18. The average Bonchev–Trinajstić information content (AvgIpc) is 3.06. The zero-order chi connectivity index (χ0) is 20.1. The van der Waals surface area contributed by atoms with E-state index in [0.717, 1.165) is 0 Å². The third-order valence-corrected chi connectivity index (χ3v) is 5.08. The molecule has 0 aromatic heterocycles. The number of carbonyl (C=O) groups is 2. The minimum absolute atomic E-state index is 0.132. The second-order valence-corrected chi connectivity index (χ2v) is 7.29. The molecule has 1 fully saturated rings. The van der Waals surface area contributed by atoms with E-state index in [4.69, 9.17) is 32.7 Å². The number of carbonyl (C=O) groups excluding carboxylic acids is 2. The van der Waals surface area contributed by atoms with Crippen molar-refractivity contribution in [2.24, 2.45) is 5.10 Å². The third kappa shape index (κ3) is 4.89. The Labute approximate surface area is 175 Å². The summed E-state index contributed by atoms with van der Waals surface area (Å²) in [6.45, 7) is -0.292. The summed E-state index contributed by atoms with van der Waals surface area (Å²) in [7, 11) is 1.56. The van der Waals surface area contributed by atoms with Gasteiger partial charge in [0.2, 0.25) is 5.91 Å². The maximum Gasteiger partial charge on any atom is 0.278 e. The molecule has 28 heavy (non-hydrogen) atoms. The Morgan fingerprint density at radius 2 is 2.00 bits per heavy atom. The Hall–Kier alpha value is -2.42. The molecule has 2 amide bonds. The van der Waals surface area contributed by atoms with Gasteiger partial charge in [0.15, 0.2) is 11.8 Å². The molecule has 1 heterocycles. The highest BCUT2D eigenvalue weighted by molar-refractivity contribution is 8.15. The van der Waals surface area contributed by atoms with Crippen LogP contribution in [-0.2, 0) is 9.59 Å². The molecule has 0 spiro atoms. The van der Waals surface area contributed by atoms with Crippen LogP contribution in [0.3, 0.4) is 0 Å². The highest BCUT2D eigenvalue weighted by atomic mass is 35.5. The summed E-state index contributed by atoms with van der Waals surface area (Å²) < 4.78 is 10.5. The van der Waals surface area contributed by atoms with Crippen LogP contribution in [0.15, 0.2) is 47.6 Å². The molecule has 0 radical (unpaired) electrons. The number of hydrogen-bond acceptors (Lipinski definition) is 6. The van der Waals surface area contributed by atoms with Crippen molar-refractivity contribution in [1.82, 2.24) is 5.43 Å². The summed E-state index contributed by atoms with van der Waals surface area (Å²) in [6.07, 6.45) is 0. The zero-order valence-corrected chi connectivity index (χ0v) is 17.0. The van der Waals surface area contributed by atoms with Crippen molar-refractivity contribution in [2.45, 2.75) is 0 Å². The summed E-state index contributed by atoms with van der Waals surface area (Å²) in [4.78, 5) is 25.6. The van der Waals surface area contributed by atoms with Gasteiger partial charge in [0.05, 0.1) is 23.6 Å². The number of ether oxygens (including phenoxy) is 2. The molecule has 3 rings (SSSR count). The van der Waals surface area contributed by atoms with E-state index >= 15 is 0 Å². The molecule has 0 saturated carbocycles. The number of rotatable bonds is 6. The fraction of sp³-hybridized carbons (Fsp3) is 0.167. The number of benzene rings is 2. The number of nitrogens with one attached hydrogen (secondary N) is 1. The van der Waals surface area contributed by atoms with E-state index in [9.17, 15) is 9.59 Å². The van der Waals surface area contributed by atoms with E-state index in [1.54, 1.807) is 43.5 Å². The van der Waals surface area contributed by atoms with Crippen molar-refractivity contribution >= 4 is 57.6 Å². The summed E-state index contributed by atoms with van der Waals surface area (Å²) in [5, 5.41) is 5.18. The lowest BCUT2D eigenvalue weighted by Crippen LogP contribution is -2.32. The van der Waals surface area contributed by atoms with E-state index in [1.165, 1.54) is 22.7 Å². The lowest BCUT2D eigenvalue weighted by atomic mass is 10.3. The number of amides is 2. The quantitative estimate of drug-likeness (QED) is 0.696. The van der Waals surface area contributed by atoms with Crippen LogP contribution in [-0.4, -0.2) is 36.5 Å². The number of hydrogen-bond donors (Lipinski definition) is 1. The summed E-state index contributed by atoms with van der Waals surface area (Å²) >= 11 is 13.0. The first-order chi connectivity index (χ1) is 13.5. The van der Waals surface area contributed by atoms with Gasteiger partial charge >= 0.3 is 0 Å². The van der Waals surface area contributed by atoms with Crippen molar-refractivity contribution in [3.05, 3.63) is 52.5 Å². The number of amidine groups is 1. The van der Waals surface area contributed by atoms with Crippen LogP contribution in [0.2, 0.25) is 10.0 Å². The minimum Gasteiger partial charge on any atom is -0.497 e. The topological polar surface area (TPSA) is 80.2 Å². The first-order valence-electron chi connectivity index (χ1n) is 8.02. The number of nitrogens with zero attached hydrogens (tertiary/aromatic N) is 2. The van der Waals surface area contributed by atoms with Crippen LogP contribution < -0.4 is 19.8 Å². The van der Waals surface area contributed by atoms with Gasteiger partial charge in [-0.05, 0) is 42.5 Å². The zero-order valence-electron chi connectivity index (χ0n) is 14.6. The molecule has 2 aromatic carbocycles. The fourth-order valence-electron chi connectivity index (χ4n) is 2.31. The predicted molar refractivity (Wildman–Crippen MR) is 110 cm³/mol. The first kappa shape index (κ1) is 20.3. The fourth-order valence-corrected chi connectivity index (χ4v) is 3.60. The molecule has 0 unspecified atom stereocenters. The number of methoxy groups -OCH3 is 1. The molecule has 0 bridgehead atoms. The molecule has 1 N–H and O–H groups in total. The van der Waals surface area contributed by atoms with E-state index in [1.807, 2.05) is 0 Å². The average molecular weight is 440 g/mol. The molecule has 1 aliphatic heterocycles. The highest BCUT2D eigenvalue weighted by Gasteiger charge is 2.30. The second-order valence-electron chi connectivity index (χ2n) is 5.51.